The first-order valence-corrected chi connectivity index (χ1v) is 13.7. The van der Waals surface area contributed by atoms with Gasteiger partial charge in [-0.15, -0.1) is 11.8 Å². The van der Waals surface area contributed by atoms with E-state index in [1.165, 1.54) is 10.5 Å². The molecular weight excluding hydrogens is 478 g/mol. The minimum absolute atomic E-state index is 0.0680. The molecule has 0 saturated carbocycles. The van der Waals surface area contributed by atoms with Crippen molar-refractivity contribution in [3.8, 4) is 11.8 Å². The molecule has 2 saturated heterocycles. The molecule has 2 aliphatic heterocycles. The molecule has 0 spiro atoms. The third-order valence-corrected chi connectivity index (χ3v) is 8.50. The lowest BCUT2D eigenvalue weighted by Gasteiger charge is -2.39. The number of hydrogen-bond donors (Lipinski definition) is 0. The Morgan fingerprint density at radius 2 is 1.76 bits per heavy atom. The number of ether oxygens (including phenoxy) is 1. The molecule has 3 heterocycles. The van der Waals surface area contributed by atoms with Crippen molar-refractivity contribution < 1.29 is 9.53 Å². The highest BCUT2D eigenvalue weighted by Gasteiger charge is 2.44. The zero-order valence-corrected chi connectivity index (χ0v) is 21.2. The maximum absolute atomic E-state index is 13.5. The number of hydrogen-bond acceptors (Lipinski definition) is 5. The van der Waals surface area contributed by atoms with Gasteiger partial charge in [0.1, 0.15) is 11.9 Å². The Balaban J connectivity index is 1.09. The maximum Gasteiger partial charge on any atom is 0.254 e. The smallest absolute Gasteiger partial charge is 0.254 e. The number of piperidine rings is 1. The molecule has 0 aliphatic carbocycles. The van der Waals surface area contributed by atoms with Crippen LogP contribution in [0.4, 0.5) is 0 Å². The molecule has 2 bridgehead atoms. The van der Waals surface area contributed by atoms with Gasteiger partial charge in [-0.05, 0) is 60.9 Å². The Morgan fingerprint density at radius 1 is 1.00 bits per heavy atom. The van der Waals surface area contributed by atoms with Crippen molar-refractivity contribution in [2.75, 3.05) is 0 Å². The third-order valence-electron chi connectivity index (χ3n) is 7.38. The topological polar surface area (TPSA) is 66.2 Å². The first kappa shape index (κ1) is 23.6. The number of pyridine rings is 1. The molecule has 4 aromatic rings. The molecule has 2 unspecified atom stereocenters. The highest BCUT2D eigenvalue weighted by Crippen LogP contribution is 2.38. The summed E-state index contributed by atoms with van der Waals surface area (Å²) in [5.74, 6) is 1.68. The van der Waals surface area contributed by atoms with Crippen LogP contribution in [0.3, 0.4) is 0 Å². The lowest BCUT2D eigenvalue weighted by molar-refractivity contribution is 0.0359. The van der Waals surface area contributed by atoms with Gasteiger partial charge >= 0.3 is 0 Å². The molecule has 2 aliphatic rings. The first-order valence-electron chi connectivity index (χ1n) is 12.7. The number of para-hydroxylation sites is 1. The van der Waals surface area contributed by atoms with Gasteiger partial charge in [0.25, 0.3) is 5.91 Å². The van der Waals surface area contributed by atoms with E-state index in [-0.39, 0.29) is 24.1 Å². The fourth-order valence-corrected chi connectivity index (χ4v) is 6.63. The lowest BCUT2D eigenvalue weighted by atomic mass is 9.98. The van der Waals surface area contributed by atoms with E-state index in [1.54, 1.807) is 23.9 Å². The van der Waals surface area contributed by atoms with Gasteiger partial charge in [-0.2, -0.15) is 5.26 Å². The predicted molar refractivity (Wildman–Crippen MR) is 146 cm³/mol. The number of aromatic nitrogens is 1. The van der Waals surface area contributed by atoms with E-state index in [0.717, 1.165) is 53.7 Å². The summed E-state index contributed by atoms with van der Waals surface area (Å²) in [7, 11) is 0. The fourth-order valence-electron chi connectivity index (χ4n) is 5.63. The van der Waals surface area contributed by atoms with Crippen molar-refractivity contribution in [1.82, 2.24) is 9.88 Å². The van der Waals surface area contributed by atoms with Crippen LogP contribution in [0.25, 0.3) is 10.9 Å². The van der Waals surface area contributed by atoms with E-state index in [0.29, 0.717) is 5.56 Å². The molecular formula is C31H27N3O2S. The molecule has 184 valence electrons. The number of benzene rings is 3. The van der Waals surface area contributed by atoms with Gasteiger partial charge < -0.3 is 9.64 Å². The van der Waals surface area contributed by atoms with Crippen molar-refractivity contribution in [3.05, 3.63) is 102 Å². The summed E-state index contributed by atoms with van der Waals surface area (Å²) in [5.41, 5.74) is 3.56. The van der Waals surface area contributed by atoms with Crippen molar-refractivity contribution in [2.24, 2.45) is 0 Å². The average Bonchev–Trinajstić information content (AvgIpc) is 3.21. The summed E-state index contributed by atoms with van der Waals surface area (Å²) in [6.07, 6.45) is 5.59. The van der Waals surface area contributed by atoms with E-state index in [9.17, 15) is 4.79 Å². The number of rotatable bonds is 6. The van der Waals surface area contributed by atoms with Crippen molar-refractivity contribution in [1.29, 1.82) is 5.26 Å². The summed E-state index contributed by atoms with van der Waals surface area (Å²) >= 11 is 1.77. The average molecular weight is 506 g/mol. The van der Waals surface area contributed by atoms with Crippen molar-refractivity contribution in [3.63, 3.8) is 0 Å². The van der Waals surface area contributed by atoms with Crippen molar-refractivity contribution >= 4 is 28.6 Å². The van der Waals surface area contributed by atoms with Gasteiger partial charge in [0.2, 0.25) is 0 Å². The van der Waals surface area contributed by atoms with E-state index in [4.69, 9.17) is 10.00 Å². The fraction of sp³-hybridized carbons (Fsp3) is 0.258. The quantitative estimate of drug-likeness (QED) is 0.276. The molecule has 0 N–H and O–H groups in total. The lowest BCUT2D eigenvalue weighted by Crippen LogP contribution is -2.49. The Morgan fingerprint density at radius 3 is 2.54 bits per heavy atom. The van der Waals surface area contributed by atoms with Crippen LogP contribution in [-0.2, 0) is 5.75 Å². The van der Waals surface area contributed by atoms with Gasteiger partial charge in [-0.25, -0.2) is 0 Å². The zero-order chi connectivity index (χ0) is 25.2. The zero-order valence-electron chi connectivity index (χ0n) is 20.4. The first-order chi connectivity index (χ1) is 18.2. The summed E-state index contributed by atoms with van der Waals surface area (Å²) in [6.45, 7) is 0. The van der Waals surface area contributed by atoms with Gasteiger partial charge in [-0.1, -0.05) is 36.4 Å². The summed E-state index contributed by atoms with van der Waals surface area (Å²) in [5, 5.41) is 10.3. The number of thioether (sulfide) groups is 1. The molecule has 3 aromatic carbocycles. The second kappa shape index (κ2) is 10.3. The van der Waals surface area contributed by atoms with Crippen molar-refractivity contribution in [2.45, 2.75) is 54.5 Å². The minimum Gasteiger partial charge on any atom is -0.490 e. The molecule has 2 atom stereocenters. The van der Waals surface area contributed by atoms with Crippen LogP contribution in [0.15, 0.2) is 90.0 Å². The number of nitrogens with zero attached hydrogens (tertiary/aromatic N) is 3. The number of fused-ring (bicyclic) bond motifs is 3. The van der Waals surface area contributed by atoms with E-state index >= 15 is 0 Å². The van der Waals surface area contributed by atoms with Crippen LogP contribution in [0.2, 0.25) is 0 Å². The van der Waals surface area contributed by atoms with E-state index in [2.05, 4.69) is 52.4 Å². The minimum atomic E-state index is 0.0680. The second-order valence-electron chi connectivity index (χ2n) is 9.77. The summed E-state index contributed by atoms with van der Waals surface area (Å²) in [4.78, 5) is 21.3. The SMILES string of the molecule is N#Cc1cccc(OC2CC3CCC(C2)N3C(=O)c2ccc(CSc3cccc4cccnc34)cc2)c1. The van der Waals surface area contributed by atoms with Crippen LogP contribution in [0.5, 0.6) is 5.75 Å². The highest BCUT2D eigenvalue weighted by atomic mass is 32.2. The van der Waals surface area contributed by atoms with Crippen LogP contribution in [0.1, 0.15) is 47.2 Å². The molecule has 6 rings (SSSR count). The molecule has 1 amide bonds. The summed E-state index contributed by atoms with van der Waals surface area (Å²) < 4.78 is 6.22. The largest absolute Gasteiger partial charge is 0.490 e. The Bertz CT molecular complexity index is 1460. The van der Waals surface area contributed by atoms with Crippen LogP contribution in [-0.4, -0.2) is 34.0 Å². The number of amides is 1. The van der Waals surface area contributed by atoms with Crippen LogP contribution in [0, 0.1) is 11.3 Å². The standard InChI is InChI=1S/C31H27N3O2S/c32-19-22-4-1-7-27(16-22)36-28-17-25-13-14-26(18-28)34(25)31(35)24-11-9-21(10-12-24)20-37-29-8-2-5-23-6-3-15-33-30(23)29/h1-12,15-16,25-26,28H,13-14,17-18,20H2. The number of nitriles is 1. The maximum atomic E-state index is 13.5. The number of carbonyl (C=O) groups is 1. The molecule has 6 heteroatoms. The third kappa shape index (κ3) is 4.92. The van der Waals surface area contributed by atoms with E-state index < -0.39 is 0 Å². The Kier molecular flexibility index (Phi) is 6.55. The Labute approximate surface area is 221 Å². The molecule has 37 heavy (non-hydrogen) atoms. The van der Waals surface area contributed by atoms with Crippen LogP contribution >= 0.6 is 11.8 Å². The normalized spacial score (nSPS) is 20.5. The molecule has 5 nitrogen and oxygen atoms in total. The Hall–Kier alpha value is -3.82. The van der Waals surface area contributed by atoms with Gasteiger partial charge in [-0.3, -0.25) is 9.78 Å². The van der Waals surface area contributed by atoms with Gasteiger partial charge in [0.05, 0.1) is 17.1 Å². The van der Waals surface area contributed by atoms with Gasteiger partial charge in [0, 0.05) is 52.7 Å². The predicted octanol–water partition coefficient (Wildman–Crippen LogP) is 6.61. The molecule has 0 radical (unpaired) electrons. The molecule has 1 aromatic heterocycles. The monoisotopic (exact) mass is 505 g/mol. The highest BCUT2D eigenvalue weighted by molar-refractivity contribution is 7.98. The van der Waals surface area contributed by atoms with Crippen LogP contribution < -0.4 is 4.74 Å². The second-order valence-corrected chi connectivity index (χ2v) is 10.8. The number of carbonyl (C=O) groups excluding carboxylic acids is 1. The summed E-state index contributed by atoms with van der Waals surface area (Å²) in [6, 6.07) is 28.3. The molecule has 2 fully saturated rings. The van der Waals surface area contributed by atoms with E-state index in [1.807, 2.05) is 36.5 Å². The van der Waals surface area contributed by atoms with Gasteiger partial charge in [0.15, 0.2) is 0 Å².